The number of amides is 7. The fraction of sp³-hybridized carbons (Fsp3) is 0.722. The largest absolute Gasteiger partial charge is 0.497 e. The van der Waals surface area contributed by atoms with Gasteiger partial charge in [-0.3, -0.25) is 38.4 Å². The molecule has 1 aromatic rings. The summed E-state index contributed by atoms with van der Waals surface area (Å²) in [6.07, 6.45) is -4.56. The molecule has 12 atom stereocenters. The van der Waals surface area contributed by atoms with Crippen LogP contribution in [0.4, 0.5) is 0 Å². The van der Waals surface area contributed by atoms with E-state index in [-0.39, 0.29) is 57.0 Å². The topological polar surface area (TPSA) is 271 Å². The molecule has 0 bridgehead atoms. The summed E-state index contributed by atoms with van der Waals surface area (Å²) < 4.78 is 17.2. The zero-order valence-electron chi connectivity index (χ0n) is 46.3. The van der Waals surface area contributed by atoms with Gasteiger partial charge in [-0.15, -0.1) is 0 Å². The predicted molar refractivity (Wildman–Crippen MR) is 276 cm³/mol. The van der Waals surface area contributed by atoms with Gasteiger partial charge in [0.25, 0.3) is 11.8 Å². The number of likely N-dealkylation sites (tertiary alicyclic amines) is 1. The van der Waals surface area contributed by atoms with Crippen molar-refractivity contribution in [3.8, 4) is 5.75 Å². The first-order valence-electron chi connectivity index (χ1n) is 26.7. The van der Waals surface area contributed by atoms with Crippen molar-refractivity contribution in [1.29, 1.82) is 0 Å². The van der Waals surface area contributed by atoms with Crippen molar-refractivity contribution in [2.45, 2.75) is 194 Å². The van der Waals surface area contributed by atoms with Gasteiger partial charge in [0.05, 0.1) is 25.7 Å². The lowest BCUT2D eigenvalue weighted by molar-refractivity contribution is -0.162. The summed E-state index contributed by atoms with van der Waals surface area (Å²) in [4.78, 5) is 134. The number of methoxy groups -OCH3 is 1. The van der Waals surface area contributed by atoms with Gasteiger partial charge in [0.15, 0.2) is 6.10 Å². The fourth-order valence-electron chi connectivity index (χ4n) is 10.1. The van der Waals surface area contributed by atoms with Crippen LogP contribution in [0.25, 0.3) is 0 Å². The van der Waals surface area contributed by atoms with Crippen LogP contribution >= 0.6 is 0 Å². The van der Waals surface area contributed by atoms with Crippen LogP contribution < -0.4 is 20.7 Å². The summed E-state index contributed by atoms with van der Waals surface area (Å²) in [5.41, 5.74) is 0.597. The molecule has 420 valence electrons. The SMILES string of the molecule is CC[C@H](C)[C@H]1NC(=O)[C@@H](NC(=O)[C@H](CC(C)C)N(C)C(=O)[C@@H]2CCCN2C(=O)[C@H](C)O)[C@@H](C)OC(=O)[C@H](Cc2ccc(OC)cc2)N(C)C(=O)[C@@H]2CCCN2C(=O)[C@H](CC(C)C)NC(=O)[C@H](C(C)C)OC(=O)C[C@@H]1O. The van der Waals surface area contributed by atoms with Crippen LogP contribution in [0.1, 0.15) is 126 Å². The second-order valence-corrected chi connectivity index (χ2v) is 21.8. The maximum absolute atomic E-state index is 14.9. The number of likely N-dealkylation sites (N-methyl/N-ethyl adjacent to an activating group) is 2. The van der Waals surface area contributed by atoms with Crippen molar-refractivity contribution in [2.24, 2.45) is 23.7 Å². The number of benzene rings is 1. The standard InChI is InChI=1S/C54H85N7O14/c1-14-32(8)44-42(63)28-43(64)75-46(31(6)7)49(67)55-37(25-29(2)3)51(69)61-24-16-18-39(61)53(71)59(12)41(27-35-19-21-36(73-13)22-20-35)54(72)74-34(10)45(48(66)56-44)57-47(65)40(26-30(4)5)58(11)52(70)38-17-15-23-60(38)50(68)33(9)62/h19-22,29-34,37-42,44-46,62-63H,14-18,23-28H2,1-13H3,(H,55,67)(H,56,66)(H,57,65)/t32-,33-,34+,37-,38-,39-,40-,41-,42-,44+,45-,46-/m0/s1. The predicted octanol–water partition coefficient (Wildman–Crippen LogP) is 2.11. The number of aliphatic hydroxyl groups excluding tert-OH is 2. The molecule has 0 unspecified atom stereocenters. The molecule has 0 saturated carbocycles. The lowest BCUT2D eigenvalue weighted by Gasteiger charge is -2.36. The molecular formula is C54H85N7O14. The quantitative estimate of drug-likeness (QED) is 0.158. The molecule has 0 radical (unpaired) electrons. The summed E-state index contributed by atoms with van der Waals surface area (Å²) >= 11 is 0. The number of hydrogen-bond donors (Lipinski definition) is 5. The number of carbonyl (C=O) groups excluding carboxylic acids is 9. The van der Waals surface area contributed by atoms with E-state index in [0.717, 1.165) is 0 Å². The molecule has 1 aromatic carbocycles. The average Bonchev–Trinajstić information content (AvgIpc) is 4.06. The zero-order valence-corrected chi connectivity index (χ0v) is 46.3. The van der Waals surface area contributed by atoms with Crippen molar-refractivity contribution in [1.82, 2.24) is 35.6 Å². The Labute approximate surface area is 442 Å². The number of nitrogens with zero attached hydrogens (tertiary/aromatic N) is 4. The molecule has 3 saturated heterocycles. The number of rotatable bonds is 15. The fourth-order valence-corrected chi connectivity index (χ4v) is 10.1. The van der Waals surface area contributed by atoms with Crippen LogP contribution in [-0.4, -0.2) is 184 Å². The van der Waals surface area contributed by atoms with E-state index < -0.39 is 138 Å². The van der Waals surface area contributed by atoms with Crippen LogP contribution in [-0.2, 0) is 59.0 Å². The lowest BCUT2D eigenvalue weighted by atomic mass is 9.92. The number of nitrogens with one attached hydrogen (secondary N) is 3. The van der Waals surface area contributed by atoms with Crippen molar-refractivity contribution in [3.63, 3.8) is 0 Å². The van der Waals surface area contributed by atoms with Gasteiger partial charge in [-0.1, -0.05) is 73.9 Å². The van der Waals surface area contributed by atoms with Crippen molar-refractivity contribution in [2.75, 3.05) is 34.3 Å². The van der Waals surface area contributed by atoms with E-state index in [1.54, 1.807) is 52.0 Å². The summed E-state index contributed by atoms with van der Waals surface area (Å²) in [5, 5.41) is 30.2. The van der Waals surface area contributed by atoms with E-state index in [4.69, 9.17) is 14.2 Å². The number of cyclic esters (lactones) is 2. The van der Waals surface area contributed by atoms with E-state index in [1.165, 1.54) is 54.7 Å². The van der Waals surface area contributed by atoms with Gasteiger partial charge >= 0.3 is 11.9 Å². The molecule has 0 aliphatic carbocycles. The van der Waals surface area contributed by atoms with Crippen molar-refractivity contribution in [3.05, 3.63) is 29.8 Å². The Morgan fingerprint density at radius 3 is 2.09 bits per heavy atom. The highest BCUT2D eigenvalue weighted by molar-refractivity contribution is 5.97. The van der Waals surface area contributed by atoms with Gasteiger partial charge in [0.2, 0.25) is 29.5 Å². The maximum Gasteiger partial charge on any atom is 0.329 e. The Kier molecular flexibility index (Phi) is 22.9. The number of carbonyl (C=O) groups is 9. The highest BCUT2D eigenvalue weighted by Gasteiger charge is 2.45. The van der Waals surface area contributed by atoms with E-state index in [9.17, 15) is 53.4 Å². The molecule has 3 fully saturated rings. The third-order valence-corrected chi connectivity index (χ3v) is 14.6. The van der Waals surface area contributed by atoms with Crippen molar-refractivity contribution < 1.29 is 67.6 Å². The van der Waals surface area contributed by atoms with Crippen LogP contribution in [0.2, 0.25) is 0 Å². The van der Waals surface area contributed by atoms with Crippen LogP contribution in [0.5, 0.6) is 5.75 Å². The van der Waals surface area contributed by atoms with E-state index in [1.807, 2.05) is 27.7 Å². The van der Waals surface area contributed by atoms with E-state index >= 15 is 0 Å². The Hall–Kier alpha value is -5.83. The molecule has 0 spiro atoms. The summed E-state index contributed by atoms with van der Waals surface area (Å²) in [6, 6.07) is -1.85. The van der Waals surface area contributed by atoms with Gasteiger partial charge in [0.1, 0.15) is 54.2 Å². The first-order valence-corrected chi connectivity index (χ1v) is 26.7. The number of fused-ring (bicyclic) bond motifs is 1. The molecule has 21 heteroatoms. The molecule has 7 amide bonds. The highest BCUT2D eigenvalue weighted by atomic mass is 16.6. The number of esters is 2. The zero-order chi connectivity index (χ0) is 56.2. The Bertz CT molecular complexity index is 2170. The minimum Gasteiger partial charge on any atom is -0.497 e. The molecule has 3 heterocycles. The Morgan fingerprint density at radius 2 is 1.52 bits per heavy atom. The second-order valence-electron chi connectivity index (χ2n) is 21.8. The van der Waals surface area contributed by atoms with Gasteiger partial charge in [-0.05, 0) is 93.7 Å². The minimum absolute atomic E-state index is 0.0924. The van der Waals surface area contributed by atoms with Crippen LogP contribution in [0.15, 0.2) is 24.3 Å². The molecule has 4 rings (SSSR count). The summed E-state index contributed by atoms with van der Waals surface area (Å²) in [7, 11) is 4.34. The average molecular weight is 1060 g/mol. The normalized spacial score (nSPS) is 27.2. The van der Waals surface area contributed by atoms with Gasteiger partial charge in [-0.2, -0.15) is 0 Å². The van der Waals surface area contributed by atoms with Crippen molar-refractivity contribution >= 4 is 53.3 Å². The van der Waals surface area contributed by atoms with Gasteiger partial charge in [-0.25, -0.2) is 4.79 Å². The van der Waals surface area contributed by atoms with Gasteiger partial charge in [0, 0.05) is 33.6 Å². The smallest absolute Gasteiger partial charge is 0.329 e. The summed E-state index contributed by atoms with van der Waals surface area (Å²) in [5.74, 6) is -7.61. The van der Waals surface area contributed by atoms with Crippen LogP contribution in [0.3, 0.4) is 0 Å². The molecule has 5 N–H and O–H groups in total. The van der Waals surface area contributed by atoms with Crippen LogP contribution in [0, 0.1) is 23.7 Å². The molecular weight excluding hydrogens is 971 g/mol. The number of aliphatic hydroxyl groups is 2. The molecule has 3 aliphatic heterocycles. The molecule has 3 aliphatic rings. The number of hydrogen-bond acceptors (Lipinski definition) is 14. The summed E-state index contributed by atoms with van der Waals surface area (Å²) in [6.45, 7) is 17.3. The monoisotopic (exact) mass is 1060 g/mol. The Morgan fingerprint density at radius 1 is 0.880 bits per heavy atom. The maximum atomic E-state index is 14.9. The highest BCUT2D eigenvalue weighted by Crippen LogP contribution is 2.27. The Balaban J connectivity index is 1.87. The lowest BCUT2D eigenvalue weighted by Crippen LogP contribution is -2.62. The first kappa shape index (κ1) is 61.7. The molecule has 75 heavy (non-hydrogen) atoms. The minimum atomic E-state index is -1.73. The van der Waals surface area contributed by atoms with Gasteiger partial charge < -0.3 is 60.0 Å². The van der Waals surface area contributed by atoms with E-state index in [2.05, 4.69) is 16.0 Å². The molecule has 21 nitrogen and oxygen atoms in total. The number of ether oxygens (including phenoxy) is 3. The third kappa shape index (κ3) is 16.1. The molecule has 0 aromatic heterocycles. The first-order chi connectivity index (χ1) is 35.2. The van der Waals surface area contributed by atoms with E-state index in [0.29, 0.717) is 30.6 Å². The third-order valence-electron chi connectivity index (χ3n) is 14.6. The second kappa shape index (κ2) is 27.8.